The van der Waals surface area contributed by atoms with Gasteiger partial charge in [-0.25, -0.2) is 9.36 Å². The highest BCUT2D eigenvalue weighted by atomic mass is 32.1. The summed E-state index contributed by atoms with van der Waals surface area (Å²) in [6.07, 6.45) is 0. The van der Waals surface area contributed by atoms with E-state index in [9.17, 15) is 0 Å². The highest BCUT2D eigenvalue weighted by molar-refractivity contribution is 7.71. The maximum Gasteiger partial charge on any atom is 0.288 e. The van der Waals surface area contributed by atoms with Crippen molar-refractivity contribution in [1.82, 2.24) is 29.4 Å². The highest BCUT2D eigenvalue weighted by Gasteiger charge is 2.22. The van der Waals surface area contributed by atoms with Crippen LogP contribution >= 0.6 is 24.4 Å². The van der Waals surface area contributed by atoms with Crippen LogP contribution in [0.4, 0.5) is 0 Å². The Hall–Kier alpha value is -3.72. The predicted molar refractivity (Wildman–Crippen MR) is 137 cm³/mol. The van der Waals surface area contributed by atoms with Crippen LogP contribution in [0.25, 0.3) is 22.9 Å². The van der Waals surface area contributed by atoms with E-state index in [0.29, 0.717) is 57.8 Å². The summed E-state index contributed by atoms with van der Waals surface area (Å²) in [5, 5.41) is 9.18. The molecule has 0 spiro atoms. The van der Waals surface area contributed by atoms with Gasteiger partial charge in [0.15, 0.2) is 23.0 Å². The monoisotopic (exact) mass is 554 g/mol. The van der Waals surface area contributed by atoms with Crippen LogP contribution in [-0.2, 0) is 13.3 Å². The first-order chi connectivity index (χ1) is 18.6. The molecule has 0 bridgehead atoms. The van der Waals surface area contributed by atoms with E-state index in [4.69, 9.17) is 52.2 Å². The molecule has 3 aliphatic heterocycles. The van der Waals surface area contributed by atoms with E-state index in [1.54, 1.807) is 9.36 Å². The molecule has 2 aromatic heterocycles. The Morgan fingerprint density at radius 3 is 1.47 bits per heavy atom. The van der Waals surface area contributed by atoms with E-state index in [1.165, 1.54) is 0 Å². The molecule has 196 valence electrons. The quantitative estimate of drug-likeness (QED) is 0.324. The second-order valence-corrected chi connectivity index (χ2v) is 9.70. The van der Waals surface area contributed by atoms with Gasteiger partial charge in [-0.1, -0.05) is 0 Å². The second-order valence-electron chi connectivity index (χ2n) is 9.00. The number of ether oxygens (including phenoxy) is 4. The number of piperazine rings is 1. The Morgan fingerprint density at radius 2 is 1.03 bits per heavy atom. The van der Waals surface area contributed by atoms with Crippen LogP contribution in [-0.4, -0.2) is 69.1 Å². The lowest BCUT2D eigenvalue weighted by Gasteiger charge is -2.33. The van der Waals surface area contributed by atoms with Crippen molar-refractivity contribution in [2.75, 3.05) is 39.8 Å². The molecular formula is C24H22N6O6S2. The maximum atomic E-state index is 5.76. The summed E-state index contributed by atoms with van der Waals surface area (Å²) >= 11 is 10.9. The summed E-state index contributed by atoms with van der Waals surface area (Å²) in [6.45, 7) is 4.82. The minimum atomic E-state index is 0.215. The van der Waals surface area contributed by atoms with Crippen molar-refractivity contribution in [1.29, 1.82) is 0 Å². The molecule has 7 rings (SSSR count). The molecule has 12 nitrogen and oxygen atoms in total. The summed E-state index contributed by atoms with van der Waals surface area (Å²) < 4.78 is 36.6. The zero-order valence-electron chi connectivity index (χ0n) is 20.1. The summed E-state index contributed by atoms with van der Waals surface area (Å²) in [4.78, 5) is 5.20. The Bertz CT molecular complexity index is 1500. The molecular weight excluding hydrogens is 532 g/mol. The molecule has 5 heterocycles. The van der Waals surface area contributed by atoms with Gasteiger partial charge in [0.2, 0.25) is 25.4 Å². The van der Waals surface area contributed by atoms with Gasteiger partial charge in [-0.15, -0.1) is 10.2 Å². The zero-order chi connectivity index (χ0) is 25.6. The number of hydrogen-bond donors (Lipinski definition) is 0. The van der Waals surface area contributed by atoms with Gasteiger partial charge in [-0.3, -0.25) is 9.80 Å². The SMILES string of the molecule is S=c1oc(-c2ccc3c(c2)OCO3)nn1CN1CCN(Cn2nc(-c3ccc4c(c3)OCO4)oc2=S)CC1. The standard InChI is InChI=1S/C24H22N6O6S2/c37-23-29(25-21(35-23)15-1-3-17-19(9-15)33-13-31-17)11-27-5-7-28(8-6-27)12-30-24(38)36-22(26-30)16-2-4-18-20(10-16)34-14-32-18/h1-4,9-10H,5-8,11-14H2. The molecule has 14 heteroatoms. The van der Waals surface area contributed by atoms with Crippen molar-refractivity contribution in [3.63, 3.8) is 0 Å². The molecule has 3 aliphatic rings. The normalized spacial score (nSPS) is 16.8. The number of fused-ring (bicyclic) bond motifs is 2. The fourth-order valence-corrected chi connectivity index (χ4v) is 4.89. The van der Waals surface area contributed by atoms with Crippen LogP contribution in [0.2, 0.25) is 0 Å². The Morgan fingerprint density at radius 1 is 0.605 bits per heavy atom. The smallest absolute Gasteiger partial charge is 0.288 e. The first kappa shape index (κ1) is 23.4. The van der Waals surface area contributed by atoms with Gasteiger partial charge in [0.1, 0.15) is 0 Å². The van der Waals surface area contributed by atoms with Crippen molar-refractivity contribution in [2.45, 2.75) is 13.3 Å². The Labute approximate surface area is 226 Å². The van der Waals surface area contributed by atoms with Gasteiger partial charge in [0, 0.05) is 37.3 Å². The molecule has 0 saturated carbocycles. The van der Waals surface area contributed by atoms with Gasteiger partial charge < -0.3 is 27.8 Å². The second kappa shape index (κ2) is 9.54. The minimum absolute atomic E-state index is 0.215. The lowest BCUT2D eigenvalue weighted by atomic mass is 10.2. The summed E-state index contributed by atoms with van der Waals surface area (Å²) in [5.74, 6) is 3.66. The fourth-order valence-electron chi connectivity index (χ4n) is 4.53. The lowest BCUT2D eigenvalue weighted by Crippen LogP contribution is -2.47. The van der Waals surface area contributed by atoms with Crippen LogP contribution < -0.4 is 18.9 Å². The topological polar surface area (TPSA) is 105 Å². The molecule has 1 saturated heterocycles. The van der Waals surface area contributed by atoms with Crippen molar-refractivity contribution in [3.05, 3.63) is 46.1 Å². The largest absolute Gasteiger partial charge is 0.454 e. The molecule has 38 heavy (non-hydrogen) atoms. The number of rotatable bonds is 6. The third-order valence-electron chi connectivity index (χ3n) is 6.58. The van der Waals surface area contributed by atoms with E-state index < -0.39 is 0 Å². The third kappa shape index (κ3) is 4.45. The van der Waals surface area contributed by atoms with Gasteiger partial charge in [-0.2, -0.15) is 0 Å². The summed E-state index contributed by atoms with van der Waals surface area (Å²) in [6, 6.07) is 11.1. The predicted octanol–water partition coefficient (Wildman–Crippen LogP) is 3.75. The van der Waals surface area contributed by atoms with Crippen molar-refractivity contribution < 1.29 is 27.8 Å². The highest BCUT2D eigenvalue weighted by Crippen LogP contribution is 2.36. The fraction of sp³-hybridized carbons (Fsp3) is 0.333. The van der Waals surface area contributed by atoms with E-state index in [1.807, 2.05) is 36.4 Å². The first-order valence-electron chi connectivity index (χ1n) is 12.0. The van der Waals surface area contributed by atoms with E-state index in [2.05, 4.69) is 20.0 Å². The zero-order valence-corrected chi connectivity index (χ0v) is 21.7. The average molecular weight is 555 g/mol. The van der Waals surface area contributed by atoms with Gasteiger partial charge >= 0.3 is 0 Å². The molecule has 0 N–H and O–H groups in total. The van der Waals surface area contributed by atoms with Crippen LogP contribution in [0.1, 0.15) is 0 Å². The summed E-state index contributed by atoms with van der Waals surface area (Å²) in [7, 11) is 0. The van der Waals surface area contributed by atoms with Gasteiger partial charge in [0.25, 0.3) is 9.67 Å². The molecule has 0 unspecified atom stereocenters. The van der Waals surface area contributed by atoms with Crippen LogP contribution in [0.15, 0.2) is 45.2 Å². The van der Waals surface area contributed by atoms with Crippen molar-refractivity contribution in [3.8, 4) is 45.9 Å². The Kier molecular flexibility index (Phi) is 5.88. The van der Waals surface area contributed by atoms with Crippen molar-refractivity contribution >= 4 is 24.4 Å². The lowest BCUT2D eigenvalue weighted by molar-refractivity contribution is 0.0783. The molecule has 0 atom stereocenters. The molecule has 0 aliphatic carbocycles. The molecule has 0 radical (unpaired) electrons. The van der Waals surface area contributed by atoms with E-state index in [0.717, 1.165) is 37.3 Å². The Balaban J connectivity index is 0.973. The van der Waals surface area contributed by atoms with Crippen molar-refractivity contribution in [2.24, 2.45) is 0 Å². The number of hydrogen-bond acceptors (Lipinski definition) is 12. The van der Waals surface area contributed by atoms with Crippen LogP contribution in [0, 0.1) is 9.67 Å². The average Bonchev–Trinajstić information content (AvgIpc) is 3.72. The number of aromatic nitrogens is 4. The van der Waals surface area contributed by atoms with Gasteiger partial charge in [0.05, 0.1) is 13.3 Å². The number of benzene rings is 2. The number of nitrogens with zero attached hydrogens (tertiary/aromatic N) is 6. The first-order valence-corrected chi connectivity index (χ1v) is 12.8. The molecule has 4 aromatic rings. The van der Waals surface area contributed by atoms with Crippen LogP contribution in [0.5, 0.6) is 23.0 Å². The molecule has 2 aromatic carbocycles. The molecule has 1 fully saturated rings. The van der Waals surface area contributed by atoms with Gasteiger partial charge in [-0.05, 0) is 60.8 Å². The molecule has 0 amide bonds. The summed E-state index contributed by atoms with van der Waals surface area (Å²) in [5.41, 5.74) is 1.57. The van der Waals surface area contributed by atoms with Crippen LogP contribution in [0.3, 0.4) is 0 Å². The van der Waals surface area contributed by atoms with E-state index >= 15 is 0 Å². The third-order valence-corrected chi connectivity index (χ3v) is 7.17. The maximum absolute atomic E-state index is 5.76. The van der Waals surface area contributed by atoms with E-state index in [-0.39, 0.29) is 13.6 Å². The minimum Gasteiger partial charge on any atom is -0.454 e.